The molecule has 1 saturated carbocycles. The third-order valence-corrected chi connectivity index (χ3v) is 11.2. The average molecular weight is 717 g/mol. The Morgan fingerprint density at radius 3 is 2.11 bits per heavy atom. The van der Waals surface area contributed by atoms with E-state index >= 15 is 0 Å². The molecular weight excluding hydrogens is 674 g/mol. The Bertz CT molecular complexity index is 1760. The molecule has 0 heterocycles. The Labute approximate surface area is 287 Å². The Hall–Kier alpha value is -3.95. The molecule has 1 aliphatic rings. The summed E-state index contributed by atoms with van der Waals surface area (Å²) in [6.07, 6.45) is 5.35. The standard InChI is InChI=1S/C38H42BrN3O4S/c1-28-13-12-20-35(29(28)2)42(47(45,46)34-18-10-5-11-19-34)27-37(43)41(26-31-21-23-32(39)24-22-31)36(25-30-14-6-3-7-15-30)38(44)40-33-16-8-4-9-17-33/h3,5-7,10-15,18-24,33,36H,4,8-9,16-17,25-27H2,1-2H3,(H,40,44)/t36-/m0/s1. The zero-order valence-corrected chi connectivity index (χ0v) is 29.3. The van der Waals surface area contributed by atoms with Crippen LogP contribution in [0, 0.1) is 13.8 Å². The number of nitrogens with one attached hydrogen (secondary N) is 1. The largest absolute Gasteiger partial charge is 0.352 e. The summed E-state index contributed by atoms with van der Waals surface area (Å²) in [7, 11) is -4.15. The smallest absolute Gasteiger partial charge is 0.264 e. The summed E-state index contributed by atoms with van der Waals surface area (Å²) in [5.41, 5.74) is 3.83. The molecule has 0 aliphatic heterocycles. The maximum absolute atomic E-state index is 14.7. The molecule has 0 aromatic heterocycles. The second kappa shape index (κ2) is 15.8. The number of hydrogen-bond donors (Lipinski definition) is 1. The number of benzene rings is 4. The first-order valence-corrected chi connectivity index (χ1v) is 18.4. The van der Waals surface area contributed by atoms with Crippen molar-refractivity contribution in [1.82, 2.24) is 10.2 Å². The van der Waals surface area contributed by atoms with Crippen LogP contribution in [0.1, 0.15) is 54.4 Å². The zero-order chi connectivity index (χ0) is 33.4. The summed E-state index contributed by atoms with van der Waals surface area (Å²) in [5.74, 6) is -0.691. The van der Waals surface area contributed by atoms with Gasteiger partial charge >= 0.3 is 0 Å². The molecule has 0 saturated heterocycles. The van der Waals surface area contributed by atoms with Crippen LogP contribution >= 0.6 is 15.9 Å². The molecule has 0 bridgehead atoms. The fraction of sp³-hybridized carbons (Fsp3) is 0.316. The first-order valence-electron chi connectivity index (χ1n) is 16.2. The Morgan fingerprint density at radius 2 is 1.45 bits per heavy atom. The lowest BCUT2D eigenvalue weighted by Gasteiger charge is -2.35. The van der Waals surface area contributed by atoms with E-state index in [0.29, 0.717) is 5.69 Å². The lowest BCUT2D eigenvalue weighted by atomic mass is 9.94. The van der Waals surface area contributed by atoms with E-state index < -0.39 is 28.5 Å². The maximum Gasteiger partial charge on any atom is 0.264 e. The highest BCUT2D eigenvalue weighted by molar-refractivity contribution is 9.10. The van der Waals surface area contributed by atoms with Crippen LogP contribution in [0.3, 0.4) is 0 Å². The number of hydrogen-bond acceptors (Lipinski definition) is 4. The van der Waals surface area contributed by atoms with Crippen LogP contribution < -0.4 is 9.62 Å². The average Bonchev–Trinajstić information content (AvgIpc) is 3.08. The van der Waals surface area contributed by atoms with Crippen LogP contribution in [0.15, 0.2) is 112 Å². The maximum atomic E-state index is 14.7. The molecule has 1 N–H and O–H groups in total. The van der Waals surface area contributed by atoms with Crippen molar-refractivity contribution in [2.75, 3.05) is 10.8 Å². The Morgan fingerprint density at radius 1 is 0.809 bits per heavy atom. The molecule has 9 heteroatoms. The monoisotopic (exact) mass is 715 g/mol. The summed E-state index contributed by atoms with van der Waals surface area (Å²) >= 11 is 3.49. The summed E-state index contributed by atoms with van der Waals surface area (Å²) in [6, 6.07) is 30.0. The molecular formula is C38H42BrN3O4S. The number of carbonyl (C=O) groups is 2. The lowest BCUT2D eigenvalue weighted by Crippen LogP contribution is -2.55. The van der Waals surface area contributed by atoms with Crippen LogP contribution in [0.4, 0.5) is 5.69 Å². The van der Waals surface area contributed by atoms with Gasteiger partial charge in [-0.25, -0.2) is 8.42 Å². The Kier molecular flexibility index (Phi) is 11.5. The van der Waals surface area contributed by atoms with E-state index in [4.69, 9.17) is 0 Å². The molecule has 5 rings (SSSR count). The minimum Gasteiger partial charge on any atom is -0.352 e. The minimum atomic E-state index is -4.15. The van der Waals surface area contributed by atoms with Gasteiger partial charge in [-0.3, -0.25) is 13.9 Å². The van der Waals surface area contributed by atoms with E-state index in [1.54, 1.807) is 35.2 Å². The van der Waals surface area contributed by atoms with Gasteiger partial charge in [0, 0.05) is 23.5 Å². The fourth-order valence-corrected chi connectivity index (χ4v) is 7.88. The van der Waals surface area contributed by atoms with Crippen molar-refractivity contribution >= 4 is 43.5 Å². The molecule has 1 aliphatic carbocycles. The van der Waals surface area contributed by atoms with Crippen molar-refractivity contribution < 1.29 is 18.0 Å². The van der Waals surface area contributed by atoms with Gasteiger partial charge in [-0.05, 0) is 79.3 Å². The third kappa shape index (κ3) is 8.70. The van der Waals surface area contributed by atoms with Gasteiger partial charge in [-0.1, -0.05) is 108 Å². The number of sulfonamides is 1. The molecule has 4 aromatic rings. The molecule has 2 amide bonds. The first-order chi connectivity index (χ1) is 22.6. The molecule has 1 fully saturated rings. The highest BCUT2D eigenvalue weighted by Crippen LogP contribution is 2.29. The second-order valence-electron chi connectivity index (χ2n) is 12.2. The van der Waals surface area contributed by atoms with Crippen LogP contribution in [-0.2, 0) is 32.6 Å². The number of halogens is 1. The summed E-state index contributed by atoms with van der Waals surface area (Å²) in [6.45, 7) is 3.44. The van der Waals surface area contributed by atoms with Crippen molar-refractivity contribution in [2.24, 2.45) is 0 Å². The quantitative estimate of drug-likeness (QED) is 0.166. The van der Waals surface area contributed by atoms with E-state index in [1.165, 1.54) is 16.4 Å². The summed E-state index contributed by atoms with van der Waals surface area (Å²) < 4.78 is 30.6. The van der Waals surface area contributed by atoms with E-state index in [2.05, 4.69) is 21.2 Å². The lowest BCUT2D eigenvalue weighted by molar-refractivity contribution is -0.140. The van der Waals surface area contributed by atoms with Crippen LogP contribution in [0.5, 0.6) is 0 Å². The number of amides is 2. The van der Waals surface area contributed by atoms with Gasteiger partial charge in [0.1, 0.15) is 12.6 Å². The first kappa shape index (κ1) is 34.4. The highest BCUT2D eigenvalue weighted by atomic mass is 79.9. The molecule has 4 aromatic carbocycles. The predicted molar refractivity (Wildman–Crippen MR) is 191 cm³/mol. The molecule has 246 valence electrons. The molecule has 47 heavy (non-hydrogen) atoms. The van der Waals surface area contributed by atoms with E-state index in [0.717, 1.165) is 58.8 Å². The van der Waals surface area contributed by atoms with E-state index in [9.17, 15) is 18.0 Å². The van der Waals surface area contributed by atoms with Crippen molar-refractivity contribution in [1.29, 1.82) is 0 Å². The fourth-order valence-electron chi connectivity index (χ4n) is 6.12. The summed E-state index contributed by atoms with van der Waals surface area (Å²) in [5, 5.41) is 3.25. The van der Waals surface area contributed by atoms with Gasteiger partial charge in [0.15, 0.2) is 0 Å². The van der Waals surface area contributed by atoms with Crippen molar-refractivity contribution in [2.45, 2.75) is 75.9 Å². The van der Waals surface area contributed by atoms with Gasteiger partial charge in [0.25, 0.3) is 10.0 Å². The molecule has 1 atom stereocenters. The van der Waals surface area contributed by atoms with Crippen LogP contribution in [0.25, 0.3) is 0 Å². The molecule has 0 unspecified atom stereocenters. The van der Waals surface area contributed by atoms with Gasteiger partial charge < -0.3 is 10.2 Å². The van der Waals surface area contributed by atoms with Gasteiger partial charge in [-0.15, -0.1) is 0 Å². The molecule has 0 spiro atoms. The number of aryl methyl sites for hydroxylation is 1. The second-order valence-corrected chi connectivity index (χ2v) is 15.0. The minimum absolute atomic E-state index is 0.0454. The number of nitrogens with zero attached hydrogens (tertiary/aromatic N) is 2. The topological polar surface area (TPSA) is 86.8 Å². The van der Waals surface area contributed by atoms with Gasteiger partial charge in [-0.2, -0.15) is 0 Å². The van der Waals surface area contributed by atoms with Crippen molar-refractivity contribution in [3.63, 3.8) is 0 Å². The normalized spacial score (nSPS) is 14.3. The van der Waals surface area contributed by atoms with Crippen LogP contribution in [0.2, 0.25) is 0 Å². The number of rotatable bonds is 12. The van der Waals surface area contributed by atoms with Crippen molar-refractivity contribution in [3.8, 4) is 0 Å². The SMILES string of the molecule is Cc1cccc(N(CC(=O)N(Cc2ccc(Br)cc2)[C@@H](Cc2ccccc2)C(=O)NC2CCCCC2)S(=O)(=O)c2ccccc2)c1C. The number of carbonyl (C=O) groups excluding carboxylic acids is 2. The highest BCUT2D eigenvalue weighted by Gasteiger charge is 2.36. The van der Waals surface area contributed by atoms with Gasteiger partial charge in [0.2, 0.25) is 11.8 Å². The van der Waals surface area contributed by atoms with Crippen molar-refractivity contribution in [3.05, 3.63) is 130 Å². The van der Waals surface area contributed by atoms with E-state index in [1.807, 2.05) is 74.5 Å². The molecule has 7 nitrogen and oxygen atoms in total. The van der Waals surface area contributed by atoms with E-state index in [-0.39, 0.29) is 29.8 Å². The predicted octanol–water partition coefficient (Wildman–Crippen LogP) is 7.35. The summed E-state index contributed by atoms with van der Waals surface area (Å²) in [4.78, 5) is 30.6. The Balaban J connectivity index is 1.58. The third-order valence-electron chi connectivity index (χ3n) is 8.94. The zero-order valence-electron chi connectivity index (χ0n) is 26.9. The molecule has 0 radical (unpaired) electrons. The van der Waals surface area contributed by atoms with Crippen LogP contribution in [-0.4, -0.2) is 43.8 Å². The van der Waals surface area contributed by atoms with Gasteiger partial charge in [0.05, 0.1) is 10.6 Å². The number of anilines is 1.